The molecular formula is C54H37NO. The summed E-state index contributed by atoms with van der Waals surface area (Å²) in [5.74, 6) is 1.34. The van der Waals surface area contributed by atoms with Gasteiger partial charge in [0.05, 0.1) is 0 Å². The smallest absolute Gasteiger partial charge is 0.142 e. The average molecular weight is 716 g/mol. The fourth-order valence-corrected chi connectivity index (χ4v) is 8.82. The van der Waals surface area contributed by atoms with Crippen LogP contribution in [0.2, 0.25) is 0 Å². The van der Waals surface area contributed by atoms with Crippen LogP contribution in [-0.4, -0.2) is 0 Å². The summed E-state index contributed by atoms with van der Waals surface area (Å²) in [6.45, 7) is 0. The number of para-hydroxylation sites is 2. The van der Waals surface area contributed by atoms with Crippen molar-refractivity contribution in [2.45, 2.75) is 5.92 Å². The van der Waals surface area contributed by atoms with Crippen molar-refractivity contribution in [2.75, 3.05) is 4.90 Å². The quantitative estimate of drug-likeness (QED) is 0.170. The SMILES string of the molecule is C1=CC2C(c3ccc(N(c4ccccc4)c4ccc(-c5ccc6ccccc6c5)cc4)cc3)=Cc3c(oc4c(-c5ccc6ccccc6c5)cccc34)C2C=C1. The Morgan fingerprint density at radius 3 is 1.66 bits per heavy atom. The van der Waals surface area contributed by atoms with Crippen LogP contribution in [0.4, 0.5) is 17.1 Å². The van der Waals surface area contributed by atoms with Crippen LogP contribution >= 0.6 is 0 Å². The number of rotatable bonds is 6. The molecule has 0 bridgehead atoms. The molecule has 9 aromatic rings. The minimum absolute atomic E-state index is 0.119. The van der Waals surface area contributed by atoms with Gasteiger partial charge in [0, 0.05) is 45.4 Å². The van der Waals surface area contributed by atoms with Crippen molar-refractivity contribution in [3.63, 3.8) is 0 Å². The van der Waals surface area contributed by atoms with Gasteiger partial charge in [-0.25, -0.2) is 0 Å². The fourth-order valence-electron chi connectivity index (χ4n) is 8.82. The van der Waals surface area contributed by atoms with Gasteiger partial charge in [-0.2, -0.15) is 0 Å². The molecule has 8 aromatic carbocycles. The van der Waals surface area contributed by atoms with E-state index in [2.05, 4.69) is 217 Å². The van der Waals surface area contributed by atoms with Gasteiger partial charge in [0.15, 0.2) is 0 Å². The number of nitrogens with zero attached hydrogens (tertiary/aromatic N) is 1. The van der Waals surface area contributed by atoms with E-state index in [4.69, 9.17) is 4.42 Å². The molecule has 0 N–H and O–H groups in total. The molecule has 0 amide bonds. The van der Waals surface area contributed by atoms with Crippen molar-refractivity contribution in [3.8, 4) is 22.3 Å². The van der Waals surface area contributed by atoms with Crippen molar-refractivity contribution in [1.82, 2.24) is 0 Å². The van der Waals surface area contributed by atoms with E-state index < -0.39 is 0 Å². The lowest BCUT2D eigenvalue weighted by atomic mass is 9.73. The highest BCUT2D eigenvalue weighted by atomic mass is 16.3. The van der Waals surface area contributed by atoms with Gasteiger partial charge in [0.2, 0.25) is 0 Å². The Labute approximate surface area is 326 Å². The molecule has 11 rings (SSSR count). The predicted molar refractivity (Wildman–Crippen MR) is 236 cm³/mol. The second-order valence-corrected chi connectivity index (χ2v) is 14.9. The van der Waals surface area contributed by atoms with Crippen molar-refractivity contribution >= 4 is 61.2 Å². The number of furan rings is 1. The summed E-state index contributed by atoms with van der Waals surface area (Å²) in [6.07, 6.45) is 11.4. The molecule has 2 aliphatic carbocycles. The fraction of sp³-hybridized carbons (Fsp3) is 0.0370. The van der Waals surface area contributed by atoms with Crippen LogP contribution in [0.5, 0.6) is 0 Å². The summed E-state index contributed by atoms with van der Waals surface area (Å²) < 4.78 is 6.91. The Morgan fingerprint density at radius 2 is 0.964 bits per heavy atom. The first-order valence-electron chi connectivity index (χ1n) is 19.4. The number of hydrogen-bond acceptors (Lipinski definition) is 2. The highest BCUT2D eigenvalue weighted by Crippen LogP contribution is 2.50. The number of anilines is 3. The van der Waals surface area contributed by atoms with Crippen LogP contribution in [0.15, 0.2) is 211 Å². The average Bonchev–Trinajstić information content (AvgIpc) is 3.66. The Hall–Kier alpha value is -7.16. The lowest BCUT2D eigenvalue weighted by molar-refractivity contribution is 0.497. The molecule has 0 spiro atoms. The number of allylic oxidation sites excluding steroid dienone is 5. The topological polar surface area (TPSA) is 16.4 Å². The maximum absolute atomic E-state index is 6.91. The summed E-state index contributed by atoms with van der Waals surface area (Å²) in [4.78, 5) is 2.34. The molecule has 1 aromatic heterocycles. The minimum atomic E-state index is 0.119. The highest BCUT2D eigenvalue weighted by molar-refractivity contribution is 6.04. The van der Waals surface area contributed by atoms with E-state index in [1.54, 1.807) is 0 Å². The number of benzene rings is 8. The van der Waals surface area contributed by atoms with Crippen LogP contribution in [-0.2, 0) is 0 Å². The third-order valence-electron chi connectivity index (χ3n) is 11.6. The Balaban J connectivity index is 0.968. The maximum Gasteiger partial charge on any atom is 0.142 e. The standard InChI is InChI=1S/C54H37NO/c1-2-15-44(16-3-1)55(45-29-25-38(26-30-45)42-23-21-36-11-4-6-13-40(36)33-42)46-31-27-39(28-32-46)51-35-52-50-20-10-19-47(43-24-22-37-12-5-7-14-41(37)34-43)53(50)56-54(52)49-18-9-8-17-48(49)51/h1-35,48-49H. The Kier molecular flexibility index (Phi) is 7.67. The van der Waals surface area contributed by atoms with Crippen LogP contribution in [0, 0.1) is 5.92 Å². The highest BCUT2D eigenvalue weighted by Gasteiger charge is 2.35. The first kappa shape index (κ1) is 32.3. The third-order valence-corrected chi connectivity index (χ3v) is 11.6. The summed E-state index contributed by atoms with van der Waals surface area (Å²) in [7, 11) is 0. The van der Waals surface area contributed by atoms with Gasteiger partial charge in [-0.05, 0) is 104 Å². The van der Waals surface area contributed by atoms with Gasteiger partial charge in [-0.15, -0.1) is 0 Å². The van der Waals surface area contributed by atoms with E-state index in [-0.39, 0.29) is 11.8 Å². The van der Waals surface area contributed by atoms with E-state index in [1.165, 1.54) is 54.9 Å². The molecule has 2 heteroatoms. The lowest BCUT2D eigenvalue weighted by Crippen LogP contribution is -2.17. The molecule has 2 atom stereocenters. The van der Waals surface area contributed by atoms with E-state index in [0.717, 1.165) is 39.4 Å². The van der Waals surface area contributed by atoms with E-state index in [1.807, 2.05) is 0 Å². The van der Waals surface area contributed by atoms with Crippen molar-refractivity contribution in [1.29, 1.82) is 0 Å². The zero-order valence-corrected chi connectivity index (χ0v) is 30.7. The van der Waals surface area contributed by atoms with Gasteiger partial charge < -0.3 is 9.32 Å². The van der Waals surface area contributed by atoms with Crippen LogP contribution in [0.1, 0.15) is 22.8 Å². The maximum atomic E-state index is 6.91. The third kappa shape index (κ3) is 5.49. The molecule has 0 fully saturated rings. The molecule has 264 valence electrons. The minimum Gasteiger partial charge on any atom is -0.459 e. The van der Waals surface area contributed by atoms with Gasteiger partial charge >= 0.3 is 0 Å². The first-order valence-corrected chi connectivity index (χ1v) is 19.4. The summed E-state index contributed by atoms with van der Waals surface area (Å²) in [6, 6.07) is 65.7. The Bertz CT molecular complexity index is 3020. The largest absolute Gasteiger partial charge is 0.459 e. The molecule has 0 radical (unpaired) electrons. The second-order valence-electron chi connectivity index (χ2n) is 14.9. The van der Waals surface area contributed by atoms with Crippen LogP contribution in [0.3, 0.4) is 0 Å². The van der Waals surface area contributed by atoms with E-state index in [0.29, 0.717) is 0 Å². The normalized spacial score (nSPS) is 15.8. The number of hydrogen-bond donors (Lipinski definition) is 0. The molecule has 0 aliphatic heterocycles. The second kappa shape index (κ2) is 13.3. The summed E-state index contributed by atoms with van der Waals surface area (Å²) in [5, 5.41) is 6.13. The van der Waals surface area contributed by atoms with Gasteiger partial charge in [0.25, 0.3) is 0 Å². The molecular weight excluding hydrogens is 679 g/mol. The monoisotopic (exact) mass is 715 g/mol. The summed E-state index contributed by atoms with van der Waals surface area (Å²) in [5.41, 5.74) is 12.7. The Morgan fingerprint density at radius 1 is 0.411 bits per heavy atom. The van der Waals surface area contributed by atoms with Crippen molar-refractivity contribution in [2.24, 2.45) is 5.92 Å². The predicted octanol–water partition coefficient (Wildman–Crippen LogP) is 14.9. The molecule has 2 aliphatic rings. The zero-order chi connectivity index (χ0) is 37.0. The first-order chi connectivity index (χ1) is 27.7. The molecule has 2 unspecified atom stereocenters. The number of fused-ring (bicyclic) bond motifs is 7. The molecule has 1 heterocycles. The molecule has 0 saturated heterocycles. The summed E-state index contributed by atoms with van der Waals surface area (Å²) >= 11 is 0. The molecule has 0 saturated carbocycles. The molecule has 2 nitrogen and oxygen atoms in total. The molecule has 56 heavy (non-hydrogen) atoms. The van der Waals surface area contributed by atoms with Crippen LogP contribution in [0.25, 0.3) is 66.4 Å². The van der Waals surface area contributed by atoms with Crippen LogP contribution < -0.4 is 4.90 Å². The van der Waals surface area contributed by atoms with E-state index in [9.17, 15) is 0 Å². The van der Waals surface area contributed by atoms with Gasteiger partial charge in [-0.1, -0.05) is 158 Å². The van der Waals surface area contributed by atoms with Gasteiger partial charge in [-0.3, -0.25) is 0 Å². The lowest BCUT2D eigenvalue weighted by Gasteiger charge is -2.30. The van der Waals surface area contributed by atoms with E-state index >= 15 is 0 Å². The van der Waals surface area contributed by atoms with Crippen molar-refractivity contribution < 1.29 is 4.42 Å². The van der Waals surface area contributed by atoms with Crippen molar-refractivity contribution in [3.05, 3.63) is 223 Å². The van der Waals surface area contributed by atoms with Gasteiger partial charge in [0.1, 0.15) is 11.3 Å². The zero-order valence-electron chi connectivity index (χ0n) is 30.7.